The number of hydrogen-bond acceptors (Lipinski definition) is 14. The molecule has 1 amide bonds. The van der Waals surface area contributed by atoms with Crippen LogP contribution in [0.2, 0.25) is 0 Å². The van der Waals surface area contributed by atoms with Gasteiger partial charge in [0.05, 0.1) is 23.5 Å². The van der Waals surface area contributed by atoms with Crippen molar-refractivity contribution in [1.82, 2.24) is 5.32 Å². The van der Waals surface area contributed by atoms with Gasteiger partial charge in [0.25, 0.3) is 0 Å². The van der Waals surface area contributed by atoms with Gasteiger partial charge in [-0.15, -0.1) is 0 Å². The summed E-state index contributed by atoms with van der Waals surface area (Å²) in [5.74, 6) is -2.95. The zero-order chi connectivity index (χ0) is 49.1. The van der Waals surface area contributed by atoms with E-state index in [0.717, 1.165) is 15.4 Å². The number of rotatable bonds is 18. The third-order valence-corrected chi connectivity index (χ3v) is 17.1. The van der Waals surface area contributed by atoms with Gasteiger partial charge in [0, 0.05) is 63.7 Å². The number of amides is 1. The van der Waals surface area contributed by atoms with Crippen molar-refractivity contribution in [2.24, 2.45) is 28.6 Å². The Morgan fingerprint density at radius 3 is 2.36 bits per heavy atom. The lowest BCUT2D eigenvalue weighted by Crippen LogP contribution is -2.69. The number of carbonyl (C=O) groups is 6. The maximum atomic E-state index is 17.7. The van der Waals surface area contributed by atoms with Crippen LogP contribution in [0, 0.1) is 28.6 Å². The SMILES string of the molecule is CSC(C)C(=O)CCCC(=O)C[C@@H](C)C(=O)N[C@@H](C)C(=O)Cc1cccc(Sc2ccc([C@@H]3O[C@@H]4C[C@H]5[C@@H]6CCC7=CC(=O)C=C[C@]7(C)[C@@]6(F)[C@@H](O)C[C@]5(C)[C@]4(C(=O)CO)O3)cc2)c1.O=C=O. The van der Waals surface area contributed by atoms with E-state index in [1.54, 1.807) is 26.8 Å². The van der Waals surface area contributed by atoms with Crippen LogP contribution in [0.5, 0.6) is 0 Å². The molecule has 3 N–H and O–H groups in total. The second-order valence-electron chi connectivity index (χ2n) is 19.0. The molecule has 0 aromatic heterocycles. The minimum atomic E-state index is -2.08. The summed E-state index contributed by atoms with van der Waals surface area (Å²) in [7, 11) is 0. The van der Waals surface area contributed by atoms with Gasteiger partial charge in [0.15, 0.2) is 34.9 Å². The van der Waals surface area contributed by atoms with Gasteiger partial charge in [0.1, 0.15) is 18.2 Å². The monoisotopic (exact) mass is 961 g/mol. The Bertz CT molecular complexity index is 2350. The minimum absolute atomic E-state index is 0.0427. The van der Waals surface area contributed by atoms with E-state index in [2.05, 4.69) is 5.32 Å². The fraction of sp³-hybridized carbons (Fsp3) is 0.549. The molecule has 4 fully saturated rings. The van der Waals surface area contributed by atoms with Crippen LogP contribution in [-0.4, -0.2) is 98.8 Å². The summed E-state index contributed by atoms with van der Waals surface area (Å²) >= 11 is 2.96. The third-order valence-electron chi connectivity index (χ3n) is 15.1. The minimum Gasteiger partial charge on any atom is -0.390 e. The van der Waals surface area contributed by atoms with Crippen LogP contribution in [0.3, 0.4) is 0 Å². The first kappa shape index (κ1) is 52.0. The average molecular weight is 962 g/mol. The number of thioether (sulfide) groups is 1. The number of carbonyl (C=O) groups excluding carboxylic acids is 8. The average Bonchev–Trinajstić information content (AvgIpc) is 3.79. The summed E-state index contributed by atoms with van der Waals surface area (Å²) in [5.41, 5.74) is -3.85. The van der Waals surface area contributed by atoms with Gasteiger partial charge in [0.2, 0.25) is 5.91 Å². The highest BCUT2D eigenvalue weighted by atomic mass is 32.2. The van der Waals surface area contributed by atoms with E-state index in [4.69, 9.17) is 19.1 Å². The number of alkyl halides is 1. The van der Waals surface area contributed by atoms with Crippen LogP contribution < -0.4 is 5.32 Å². The summed E-state index contributed by atoms with van der Waals surface area (Å²) in [6.07, 6.45) is 5.62. The number of fused-ring (bicyclic) bond motifs is 7. The molecule has 0 bridgehead atoms. The molecule has 5 aliphatic rings. The maximum Gasteiger partial charge on any atom is 0.373 e. The molecule has 3 saturated carbocycles. The Morgan fingerprint density at radius 1 is 0.985 bits per heavy atom. The normalized spacial score (nSPS) is 31.5. The zero-order valence-electron chi connectivity index (χ0n) is 38.7. The number of Topliss-reactive ketones (excluding diaryl/α,β-unsaturated/α-hetero) is 4. The molecule has 360 valence electrons. The molecular formula is C51H60FNO12S2. The summed E-state index contributed by atoms with van der Waals surface area (Å²) < 4.78 is 31.0. The summed E-state index contributed by atoms with van der Waals surface area (Å²) in [5, 5.41) is 24.8. The largest absolute Gasteiger partial charge is 0.390 e. The lowest BCUT2D eigenvalue weighted by molar-refractivity contribution is -0.231. The van der Waals surface area contributed by atoms with Crippen molar-refractivity contribution in [3.8, 4) is 0 Å². The molecule has 1 aliphatic heterocycles. The number of aliphatic hydroxyl groups excluding tert-OH is 2. The lowest BCUT2D eigenvalue weighted by Gasteiger charge is -2.62. The van der Waals surface area contributed by atoms with E-state index in [1.165, 1.54) is 35.7 Å². The fourth-order valence-corrected chi connectivity index (χ4v) is 12.7. The van der Waals surface area contributed by atoms with Crippen LogP contribution in [0.4, 0.5) is 4.39 Å². The van der Waals surface area contributed by atoms with Gasteiger partial charge < -0.3 is 25.0 Å². The second kappa shape index (κ2) is 21.1. The highest BCUT2D eigenvalue weighted by molar-refractivity contribution is 8.00. The highest BCUT2D eigenvalue weighted by Crippen LogP contribution is 2.72. The van der Waals surface area contributed by atoms with Crippen molar-refractivity contribution in [3.63, 3.8) is 0 Å². The molecule has 2 aromatic carbocycles. The van der Waals surface area contributed by atoms with E-state index in [-0.39, 0.29) is 66.1 Å². The van der Waals surface area contributed by atoms with Crippen molar-refractivity contribution in [2.75, 3.05) is 12.9 Å². The summed E-state index contributed by atoms with van der Waals surface area (Å²) in [6.45, 7) is 7.95. The molecule has 1 unspecified atom stereocenters. The Kier molecular flexibility index (Phi) is 16.3. The Hall–Kier alpha value is -4.41. The molecule has 1 saturated heterocycles. The second-order valence-corrected chi connectivity index (χ2v) is 21.3. The van der Waals surface area contributed by atoms with Crippen molar-refractivity contribution in [3.05, 3.63) is 83.5 Å². The van der Waals surface area contributed by atoms with Gasteiger partial charge in [-0.1, -0.05) is 61.5 Å². The van der Waals surface area contributed by atoms with Crippen LogP contribution in [0.25, 0.3) is 0 Å². The molecular weight excluding hydrogens is 902 g/mol. The highest BCUT2D eigenvalue weighted by Gasteiger charge is 2.79. The zero-order valence-corrected chi connectivity index (χ0v) is 40.3. The molecule has 12 atom stereocenters. The first-order valence-electron chi connectivity index (χ1n) is 22.8. The molecule has 7 rings (SSSR count). The van der Waals surface area contributed by atoms with Gasteiger partial charge in [-0.2, -0.15) is 21.4 Å². The van der Waals surface area contributed by atoms with E-state index in [0.29, 0.717) is 43.2 Å². The third kappa shape index (κ3) is 9.91. The Balaban J connectivity index is 0.00000240. The van der Waals surface area contributed by atoms with Gasteiger partial charge >= 0.3 is 6.15 Å². The van der Waals surface area contributed by atoms with E-state index < -0.39 is 76.8 Å². The molecule has 13 nitrogen and oxygen atoms in total. The predicted molar refractivity (Wildman–Crippen MR) is 246 cm³/mol. The number of ether oxygens (including phenoxy) is 2. The van der Waals surface area contributed by atoms with Crippen LogP contribution >= 0.6 is 23.5 Å². The molecule has 16 heteroatoms. The smallest absolute Gasteiger partial charge is 0.373 e. The van der Waals surface area contributed by atoms with Crippen molar-refractivity contribution >= 4 is 64.5 Å². The Labute approximate surface area is 398 Å². The molecule has 0 spiro atoms. The summed E-state index contributed by atoms with van der Waals surface area (Å²) in [4.78, 5) is 94.8. The molecule has 1 heterocycles. The molecule has 0 radical (unpaired) electrons. The topological polar surface area (TPSA) is 208 Å². The van der Waals surface area contributed by atoms with Crippen molar-refractivity contribution < 1.29 is 62.4 Å². The van der Waals surface area contributed by atoms with Crippen LogP contribution in [0.1, 0.15) is 103 Å². The molecule has 2 aromatic rings. The van der Waals surface area contributed by atoms with Gasteiger partial charge in [-0.3, -0.25) is 28.8 Å². The maximum absolute atomic E-state index is 17.7. The van der Waals surface area contributed by atoms with E-state index in [9.17, 15) is 39.0 Å². The number of hydrogen-bond donors (Lipinski definition) is 3. The number of ketones is 5. The first-order valence-corrected chi connectivity index (χ1v) is 24.9. The number of aliphatic hydroxyl groups is 2. The Morgan fingerprint density at radius 2 is 1.69 bits per heavy atom. The van der Waals surface area contributed by atoms with Crippen molar-refractivity contribution in [1.29, 1.82) is 0 Å². The number of benzene rings is 2. The van der Waals surface area contributed by atoms with Crippen LogP contribution in [0.15, 0.2) is 82.1 Å². The molecule has 67 heavy (non-hydrogen) atoms. The standard InChI is InChI=1S/C50H60FNO10S2.CO2/c1-28(21-34(54)10-8-12-40(56)30(3)63-6)45(60)52-29(2)41(57)23-31-9-7-11-37(22-31)64-36-16-13-32(14-17-36)46-61-44-25-39-38-18-15-33-24-35(55)19-20-47(33,4)49(38,51)42(58)26-48(39,5)50(44,62-46)43(59)27-53;2-1-3/h7,9,11,13-14,16-17,19-20,22,24,28-30,38-39,42,44,46,53,58H,8,10,12,15,18,21,23,25-27H2,1-6H3,(H,52,60);/t28-,29+,30?,38+,39+,42+,44-,46-,47+,48+,49+,50-;/m1./s1. The fourth-order valence-electron chi connectivity index (χ4n) is 11.4. The van der Waals surface area contributed by atoms with Crippen molar-refractivity contribution in [2.45, 2.75) is 143 Å². The summed E-state index contributed by atoms with van der Waals surface area (Å²) in [6, 6.07) is 14.3. The first-order chi connectivity index (χ1) is 31.7. The number of nitrogens with one attached hydrogen (secondary N) is 1. The predicted octanol–water partition coefficient (Wildman–Crippen LogP) is 6.65. The van der Waals surface area contributed by atoms with Gasteiger partial charge in [-0.05, 0) is 107 Å². The van der Waals surface area contributed by atoms with Gasteiger partial charge in [-0.25, -0.2) is 4.39 Å². The lowest BCUT2D eigenvalue weighted by atomic mass is 9.44. The number of halogens is 1. The quantitative estimate of drug-likeness (QED) is 0.143. The molecule has 4 aliphatic carbocycles. The number of allylic oxidation sites excluding steroid dienone is 4. The van der Waals surface area contributed by atoms with E-state index in [1.807, 2.05) is 68.6 Å². The van der Waals surface area contributed by atoms with E-state index >= 15 is 4.39 Å². The van der Waals surface area contributed by atoms with Crippen LogP contribution in [-0.2, 0) is 54.3 Å².